The highest BCUT2D eigenvalue weighted by Crippen LogP contribution is 2.28. The zero-order chi connectivity index (χ0) is 14.1. The minimum atomic E-state index is 0.383. The molecule has 0 spiro atoms. The summed E-state index contributed by atoms with van der Waals surface area (Å²) in [5.41, 5.74) is 2.09. The van der Waals surface area contributed by atoms with Gasteiger partial charge in [-0.3, -0.25) is 0 Å². The fourth-order valence-corrected chi connectivity index (χ4v) is 1.69. The van der Waals surface area contributed by atoms with Crippen molar-refractivity contribution in [1.82, 2.24) is 0 Å². The van der Waals surface area contributed by atoms with Crippen LogP contribution >= 0.6 is 0 Å². The summed E-state index contributed by atoms with van der Waals surface area (Å²) in [5, 5.41) is 3.63. The summed E-state index contributed by atoms with van der Waals surface area (Å²) in [6.07, 6.45) is 5.51. The fraction of sp³-hybridized carbons (Fsp3) is 0.400. The molecule has 0 aliphatic heterocycles. The van der Waals surface area contributed by atoms with E-state index in [-0.39, 0.29) is 0 Å². The van der Waals surface area contributed by atoms with Crippen molar-refractivity contribution in [3.8, 4) is 11.5 Å². The molecule has 0 saturated heterocycles. The Balaban J connectivity index is 2.70. The lowest BCUT2D eigenvalue weighted by molar-refractivity contribution is 0.212. The normalized spacial score (nSPS) is 11.2. The summed E-state index contributed by atoms with van der Waals surface area (Å²) in [7, 11) is 1.50. The van der Waals surface area contributed by atoms with E-state index in [9.17, 15) is 0 Å². The van der Waals surface area contributed by atoms with Crippen LogP contribution < -0.4 is 9.47 Å². The van der Waals surface area contributed by atoms with E-state index < -0.39 is 0 Å². The Hall–Kier alpha value is -1.97. The van der Waals surface area contributed by atoms with Crippen LogP contribution in [0.3, 0.4) is 0 Å². The van der Waals surface area contributed by atoms with Crippen molar-refractivity contribution >= 4 is 6.21 Å². The van der Waals surface area contributed by atoms with E-state index in [1.807, 2.05) is 45.1 Å². The Morgan fingerprint density at radius 3 is 2.37 bits per heavy atom. The van der Waals surface area contributed by atoms with Crippen molar-refractivity contribution in [2.75, 3.05) is 20.3 Å². The highest BCUT2D eigenvalue weighted by Gasteiger charge is 2.06. The molecule has 0 bridgehead atoms. The number of allylic oxidation sites excluding steroid dienone is 1. The molecule has 104 valence electrons. The standard InChI is InChI=1S/C15H21NO3/c1-5-6-8-18-14-10-12(2)15(13(3)11-14)19-9-7-16-17-4/h5-7,10-11H,8-9H2,1-4H3/b6-5+,16-7+. The summed E-state index contributed by atoms with van der Waals surface area (Å²) in [5.74, 6) is 1.71. The van der Waals surface area contributed by atoms with Crippen molar-refractivity contribution in [1.29, 1.82) is 0 Å². The maximum atomic E-state index is 5.65. The Bertz CT molecular complexity index is 430. The smallest absolute Gasteiger partial charge is 0.127 e. The molecular formula is C15H21NO3. The molecule has 19 heavy (non-hydrogen) atoms. The van der Waals surface area contributed by atoms with E-state index in [1.54, 1.807) is 6.21 Å². The minimum absolute atomic E-state index is 0.383. The molecule has 0 unspecified atom stereocenters. The van der Waals surface area contributed by atoms with Gasteiger partial charge in [-0.2, -0.15) is 0 Å². The maximum absolute atomic E-state index is 5.65. The third-order valence-corrected chi connectivity index (χ3v) is 2.50. The van der Waals surface area contributed by atoms with Gasteiger partial charge >= 0.3 is 0 Å². The van der Waals surface area contributed by atoms with Gasteiger partial charge in [0.2, 0.25) is 0 Å². The predicted molar refractivity (Wildman–Crippen MR) is 77.2 cm³/mol. The Morgan fingerprint density at radius 2 is 1.79 bits per heavy atom. The molecular weight excluding hydrogens is 242 g/mol. The third-order valence-electron chi connectivity index (χ3n) is 2.50. The quantitative estimate of drug-likeness (QED) is 0.430. The van der Waals surface area contributed by atoms with Gasteiger partial charge in [-0.05, 0) is 44.0 Å². The highest BCUT2D eigenvalue weighted by molar-refractivity contribution is 5.59. The summed E-state index contributed by atoms with van der Waals surface area (Å²) in [6.45, 7) is 6.93. The SMILES string of the molecule is C/C=C/COc1cc(C)c(OC/C=N/OC)c(C)c1. The predicted octanol–water partition coefficient (Wildman–Crippen LogP) is 3.27. The molecule has 0 aromatic heterocycles. The number of hydrogen-bond acceptors (Lipinski definition) is 4. The van der Waals surface area contributed by atoms with Crippen molar-refractivity contribution in [2.24, 2.45) is 5.16 Å². The summed E-state index contributed by atoms with van der Waals surface area (Å²) >= 11 is 0. The maximum Gasteiger partial charge on any atom is 0.127 e. The number of nitrogens with zero attached hydrogens (tertiary/aromatic N) is 1. The van der Waals surface area contributed by atoms with E-state index in [1.165, 1.54) is 7.11 Å². The van der Waals surface area contributed by atoms with Crippen molar-refractivity contribution in [2.45, 2.75) is 20.8 Å². The molecule has 4 nitrogen and oxygen atoms in total. The third kappa shape index (κ3) is 5.04. The second-order valence-electron chi connectivity index (χ2n) is 4.05. The molecule has 0 aliphatic rings. The monoisotopic (exact) mass is 263 g/mol. The van der Waals surface area contributed by atoms with Crippen LogP contribution in [-0.2, 0) is 4.84 Å². The van der Waals surface area contributed by atoms with Crippen LogP contribution in [-0.4, -0.2) is 26.5 Å². The molecule has 0 saturated carbocycles. The van der Waals surface area contributed by atoms with Gasteiger partial charge in [-0.1, -0.05) is 17.3 Å². The first-order valence-corrected chi connectivity index (χ1v) is 6.22. The van der Waals surface area contributed by atoms with Crippen LogP contribution in [0.1, 0.15) is 18.1 Å². The second kappa shape index (κ2) is 8.19. The Morgan fingerprint density at radius 1 is 1.11 bits per heavy atom. The van der Waals surface area contributed by atoms with Crippen LogP contribution in [0.15, 0.2) is 29.4 Å². The number of ether oxygens (including phenoxy) is 2. The molecule has 0 amide bonds. The van der Waals surface area contributed by atoms with Gasteiger partial charge in [0, 0.05) is 0 Å². The number of rotatable bonds is 7. The number of hydrogen-bond donors (Lipinski definition) is 0. The van der Waals surface area contributed by atoms with Gasteiger partial charge in [0.15, 0.2) is 0 Å². The first-order valence-electron chi connectivity index (χ1n) is 6.22. The van der Waals surface area contributed by atoms with E-state index in [0.29, 0.717) is 13.2 Å². The van der Waals surface area contributed by atoms with Gasteiger partial charge in [-0.25, -0.2) is 0 Å². The van der Waals surface area contributed by atoms with Crippen LogP contribution in [0.25, 0.3) is 0 Å². The van der Waals surface area contributed by atoms with Gasteiger partial charge in [0.05, 0.1) is 6.21 Å². The van der Waals surface area contributed by atoms with Gasteiger partial charge in [0.1, 0.15) is 31.8 Å². The molecule has 0 fully saturated rings. The number of oxime groups is 1. The molecule has 1 aromatic rings. The zero-order valence-corrected chi connectivity index (χ0v) is 12.0. The lowest BCUT2D eigenvalue weighted by atomic mass is 10.1. The van der Waals surface area contributed by atoms with E-state index in [0.717, 1.165) is 22.6 Å². The molecule has 0 heterocycles. The molecule has 0 radical (unpaired) electrons. The first-order chi connectivity index (χ1) is 9.19. The molecule has 0 aliphatic carbocycles. The summed E-state index contributed by atoms with van der Waals surface area (Å²) < 4.78 is 11.3. The first kappa shape index (κ1) is 15.1. The zero-order valence-electron chi connectivity index (χ0n) is 12.0. The number of benzene rings is 1. The minimum Gasteiger partial charge on any atom is -0.490 e. The largest absolute Gasteiger partial charge is 0.490 e. The number of aryl methyl sites for hydroxylation is 2. The Kier molecular flexibility index (Phi) is 6.50. The van der Waals surface area contributed by atoms with Gasteiger partial charge in [0.25, 0.3) is 0 Å². The van der Waals surface area contributed by atoms with Gasteiger partial charge < -0.3 is 14.3 Å². The Labute approximate surface area is 114 Å². The van der Waals surface area contributed by atoms with E-state index >= 15 is 0 Å². The molecule has 4 heteroatoms. The molecule has 1 rings (SSSR count). The van der Waals surface area contributed by atoms with E-state index in [4.69, 9.17) is 9.47 Å². The van der Waals surface area contributed by atoms with E-state index in [2.05, 4.69) is 9.99 Å². The topological polar surface area (TPSA) is 40.0 Å². The van der Waals surface area contributed by atoms with Gasteiger partial charge in [-0.15, -0.1) is 0 Å². The summed E-state index contributed by atoms with van der Waals surface area (Å²) in [6, 6.07) is 3.94. The van der Waals surface area contributed by atoms with Crippen LogP contribution in [0.2, 0.25) is 0 Å². The second-order valence-corrected chi connectivity index (χ2v) is 4.05. The highest BCUT2D eigenvalue weighted by atomic mass is 16.6. The molecule has 0 N–H and O–H groups in total. The van der Waals surface area contributed by atoms with Crippen molar-refractivity contribution in [3.05, 3.63) is 35.4 Å². The summed E-state index contributed by atoms with van der Waals surface area (Å²) in [4.78, 5) is 4.58. The molecule has 1 aromatic carbocycles. The fourth-order valence-electron chi connectivity index (χ4n) is 1.69. The van der Waals surface area contributed by atoms with Crippen molar-refractivity contribution in [3.63, 3.8) is 0 Å². The lowest BCUT2D eigenvalue weighted by Gasteiger charge is -2.13. The van der Waals surface area contributed by atoms with Crippen LogP contribution in [0, 0.1) is 13.8 Å². The van der Waals surface area contributed by atoms with Crippen molar-refractivity contribution < 1.29 is 14.3 Å². The average molecular weight is 263 g/mol. The van der Waals surface area contributed by atoms with Crippen LogP contribution in [0.5, 0.6) is 11.5 Å². The lowest BCUT2D eigenvalue weighted by Crippen LogP contribution is -2.03. The average Bonchev–Trinajstić information content (AvgIpc) is 2.37. The molecule has 0 atom stereocenters. The van der Waals surface area contributed by atoms with Crippen LogP contribution in [0.4, 0.5) is 0 Å².